The van der Waals surface area contributed by atoms with Crippen molar-refractivity contribution < 1.29 is 0 Å². The van der Waals surface area contributed by atoms with Gasteiger partial charge in [0.15, 0.2) is 0 Å². The number of hydrogen-bond acceptors (Lipinski definition) is 2. The lowest BCUT2D eigenvalue weighted by Gasteiger charge is -2.40. The first-order valence-electron chi connectivity index (χ1n) is 8.53. The normalized spacial score (nSPS) is 29.3. The van der Waals surface area contributed by atoms with Crippen LogP contribution in [-0.4, -0.2) is 23.5 Å². The van der Waals surface area contributed by atoms with Crippen molar-refractivity contribution in [3.8, 4) is 6.07 Å². The molecule has 3 unspecified atom stereocenters. The van der Waals surface area contributed by atoms with E-state index in [0.29, 0.717) is 12.0 Å². The highest BCUT2D eigenvalue weighted by Crippen LogP contribution is 2.41. The first-order valence-corrected chi connectivity index (χ1v) is 8.53. The van der Waals surface area contributed by atoms with Gasteiger partial charge in [-0.2, -0.15) is 5.26 Å². The lowest BCUT2D eigenvalue weighted by molar-refractivity contribution is 0.109. The summed E-state index contributed by atoms with van der Waals surface area (Å²) in [6.45, 7) is 3.42. The maximum Gasteiger partial charge on any atom is 0.0672 e. The third-order valence-electron chi connectivity index (χ3n) is 5.18. The van der Waals surface area contributed by atoms with Crippen LogP contribution < -0.4 is 0 Å². The van der Waals surface area contributed by atoms with Crippen molar-refractivity contribution in [2.75, 3.05) is 6.54 Å². The van der Waals surface area contributed by atoms with Gasteiger partial charge in [0.25, 0.3) is 0 Å². The van der Waals surface area contributed by atoms with Crippen molar-refractivity contribution in [2.24, 2.45) is 5.92 Å². The summed E-state index contributed by atoms with van der Waals surface area (Å²) in [4.78, 5) is 2.67. The molecule has 3 rings (SSSR count). The van der Waals surface area contributed by atoms with E-state index in [4.69, 9.17) is 0 Å². The molecule has 0 heterocycles. The van der Waals surface area contributed by atoms with Crippen molar-refractivity contribution in [2.45, 2.75) is 63.5 Å². The van der Waals surface area contributed by atoms with Crippen LogP contribution in [-0.2, 0) is 0 Å². The minimum absolute atomic E-state index is 0.233. The lowest BCUT2D eigenvalue weighted by atomic mass is 9.75. The second kappa shape index (κ2) is 6.62. The van der Waals surface area contributed by atoms with Crippen molar-refractivity contribution >= 4 is 0 Å². The molecule has 2 saturated carbocycles. The molecule has 1 aromatic rings. The topological polar surface area (TPSA) is 27.0 Å². The molecule has 0 saturated heterocycles. The van der Waals surface area contributed by atoms with Crippen molar-refractivity contribution in [3.63, 3.8) is 0 Å². The fourth-order valence-electron chi connectivity index (χ4n) is 3.98. The molecule has 2 aliphatic rings. The summed E-state index contributed by atoms with van der Waals surface area (Å²) < 4.78 is 0. The summed E-state index contributed by atoms with van der Waals surface area (Å²) in [5.41, 5.74) is 1.46. The summed E-state index contributed by atoms with van der Waals surface area (Å²) >= 11 is 0. The SMILES string of the molecule is CCCN(C1CC1)C1CC(c2ccccc2)CCC1C#N. The van der Waals surface area contributed by atoms with Crippen LogP contribution in [0.1, 0.15) is 56.9 Å². The largest absolute Gasteiger partial charge is 0.296 e. The van der Waals surface area contributed by atoms with E-state index in [1.807, 2.05) is 0 Å². The first-order chi connectivity index (χ1) is 10.3. The van der Waals surface area contributed by atoms with E-state index in [0.717, 1.165) is 19.0 Å². The van der Waals surface area contributed by atoms with E-state index in [1.165, 1.54) is 37.7 Å². The van der Waals surface area contributed by atoms with Crippen molar-refractivity contribution in [1.82, 2.24) is 4.90 Å². The molecule has 2 aliphatic carbocycles. The molecule has 0 amide bonds. The van der Waals surface area contributed by atoms with E-state index in [2.05, 4.69) is 48.2 Å². The molecule has 2 fully saturated rings. The fourth-order valence-corrected chi connectivity index (χ4v) is 3.98. The third-order valence-corrected chi connectivity index (χ3v) is 5.18. The Morgan fingerprint density at radius 3 is 2.52 bits per heavy atom. The van der Waals surface area contributed by atoms with Gasteiger partial charge in [-0.1, -0.05) is 37.3 Å². The van der Waals surface area contributed by atoms with Gasteiger partial charge in [-0.3, -0.25) is 4.90 Å². The van der Waals surface area contributed by atoms with Crippen molar-refractivity contribution in [1.29, 1.82) is 5.26 Å². The smallest absolute Gasteiger partial charge is 0.0672 e. The van der Waals surface area contributed by atoms with Gasteiger partial charge in [0, 0.05) is 12.1 Å². The standard InChI is InChI=1S/C19H26N2/c1-2-12-21(18-10-11-18)19-13-16(8-9-17(19)14-20)15-6-4-3-5-7-15/h3-7,16-19H,2,8-13H2,1H3. The van der Waals surface area contributed by atoms with Crippen LogP contribution in [0.2, 0.25) is 0 Å². The Labute approximate surface area is 128 Å². The van der Waals surface area contributed by atoms with Crippen LogP contribution in [0.5, 0.6) is 0 Å². The Morgan fingerprint density at radius 1 is 1.14 bits per heavy atom. The Hall–Kier alpha value is -1.33. The number of hydrogen-bond donors (Lipinski definition) is 0. The van der Waals surface area contributed by atoms with Crippen LogP contribution in [0.15, 0.2) is 30.3 Å². The molecule has 0 N–H and O–H groups in total. The van der Waals surface area contributed by atoms with Gasteiger partial charge >= 0.3 is 0 Å². The highest BCUT2D eigenvalue weighted by molar-refractivity contribution is 5.21. The monoisotopic (exact) mass is 282 g/mol. The number of nitrogens with zero attached hydrogens (tertiary/aromatic N) is 2. The average molecular weight is 282 g/mol. The van der Waals surface area contributed by atoms with E-state index in [9.17, 15) is 5.26 Å². The molecule has 2 nitrogen and oxygen atoms in total. The van der Waals surface area contributed by atoms with Crippen LogP contribution in [0, 0.1) is 17.2 Å². The zero-order valence-corrected chi connectivity index (χ0v) is 13.0. The Morgan fingerprint density at radius 2 is 1.90 bits per heavy atom. The lowest BCUT2D eigenvalue weighted by Crippen LogP contribution is -2.45. The number of rotatable bonds is 5. The molecular formula is C19H26N2. The van der Waals surface area contributed by atoms with Gasteiger partial charge in [-0.05, 0) is 56.6 Å². The summed E-state index contributed by atoms with van der Waals surface area (Å²) in [7, 11) is 0. The second-order valence-electron chi connectivity index (χ2n) is 6.69. The van der Waals surface area contributed by atoms with Crippen LogP contribution in [0.25, 0.3) is 0 Å². The second-order valence-corrected chi connectivity index (χ2v) is 6.69. The summed E-state index contributed by atoms with van der Waals surface area (Å²) in [6, 6.07) is 14.7. The molecule has 21 heavy (non-hydrogen) atoms. The number of nitriles is 1. The van der Waals surface area contributed by atoms with E-state index in [1.54, 1.807) is 0 Å². The fraction of sp³-hybridized carbons (Fsp3) is 0.632. The zero-order valence-electron chi connectivity index (χ0n) is 13.0. The van der Waals surface area contributed by atoms with Gasteiger partial charge in [-0.15, -0.1) is 0 Å². The molecule has 0 aromatic heterocycles. The van der Waals surface area contributed by atoms with Gasteiger partial charge in [0.05, 0.1) is 12.0 Å². The first kappa shape index (κ1) is 14.6. The molecule has 0 spiro atoms. The van der Waals surface area contributed by atoms with E-state index in [-0.39, 0.29) is 5.92 Å². The van der Waals surface area contributed by atoms with E-state index < -0.39 is 0 Å². The summed E-state index contributed by atoms with van der Waals surface area (Å²) in [5.74, 6) is 0.871. The van der Waals surface area contributed by atoms with Gasteiger partial charge in [0.1, 0.15) is 0 Å². The molecule has 2 heteroatoms. The molecular weight excluding hydrogens is 256 g/mol. The molecule has 0 bridgehead atoms. The molecule has 3 atom stereocenters. The summed E-state index contributed by atoms with van der Waals surface area (Å²) in [6.07, 6.45) is 7.27. The quantitative estimate of drug-likeness (QED) is 0.803. The predicted molar refractivity (Wildman–Crippen MR) is 85.9 cm³/mol. The van der Waals surface area contributed by atoms with Crippen LogP contribution >= 0.6 is 0 Å². The Bertz CT molecular complexity index is 486. The molecule has 0 aliphatic heterocycles. The third kappa shape index (κ3) is 3.30. The highest BCUT2D eigenvalue weighted by atomic mass is 15.2. The molecule has 0 radical (unpaired) electrons. The van der Waals surface area contributed by atoms with Gasteiger partial charge < -0.3 is 0 Å². The molecule has 1 aromatic carbocycles. The van der Waals surface area contributed by atoms with Gasteiger partial charge in [-0.25, -0.2) is 0 Å². The summed E-state index contributed by atoms with van der Waals surface area (Å²) in [5, 5.41) is 9.56. The minimum atomic E-state index is 0.233. The maximum atomic E-state index is 9.56. The van der Waals surface area contributed by atoms with Gasteiger partial charge in [0.2, 0.25) is 0 Å². The van der Waals surface area contributed by atoms with E-state index >= 15 is 0 Å². The predicted octanol–water partition coefficient (Wildman–Crippen LogP) is 4.34. The van der Waals surface area contributed by atoms with Crippen LogP contribution in [0.3, 0.4) is 0 Å². The number of benzene rings is 1. The minimum Gasteiger partial charge on any atom is -0.296 e. The van der Waals surface area contributed by atoms with Crippen molar-refractivity contribution in [3.05, 3.63) is 35.9 Å². The Balaban J connectivity index is 1.77. The average Bonchev–Trinajstić information content (AvgIpc) is 3.38. The Kier molecular flexibility index (Phi) is 4.60. The molecule has 112 valence electrons. The maximum absolute atomic E-state index is 9.56. The zero-order chi connectivity index (χ0) is 14.7. The highest BCUT2D eigenvalue weighted by Gasteiger charge is 2.40. The van der Waals surface area contributed by atoms with Crippen LogP contribution in [0.4, 0.5) is 0 Å².